The summed E-state index contributed by atoms with van der Waals surface area (Å²) in [6.07, 6.45) is 25.1. The number of ether oxygens (including phenoxy) is 5. The van der Waals surface area contributed by atoms with Gasteiger partial charge in [0.1, 0.15) is 30.5 Å². The number of aliphatic hydroxyl groups is 4. The molecule has 3 unspecified atom stereocenters. The first-order valence-corrected chi connectivity index (χ1v) is 37.7. The van der Waals surface area contributed by atoms with Gasteiger partial charge in [-0.05, 0) is 213 Å². The number of hydrogen-bond donors (Lipinski definition) is 4. The molecule has 5 aliphatic heterocycles. The Morgan fingerprint density at radius 1 is 0.484 bits per heavy atom. The molecule has 14 aliphatic rings. The number of carbonyl (C=O) groups excluding carboxylic acids is 6. The fourth-order valence-electron chi connectivity index (χ4n) is 22.1. The Hall–Kier alpha value is -4.44. The largest absolute Gasteiger partial charge is 0.462 e. The van der Waals surface area contributed by atoms with Crippen LogP contribution in [-0.4, -0.2) is 111 Å². The second-order valence-electron chi connectivity index (χ2n) is 33.4. The van der Waals surface area contributed by atoms with Gasteiger partial charge < -0.3 is 44.1 Å². The van der Waals surface area contributed by atoms with Crippen LogP contribution in [0.5, 0.6) is 0 Å². The number of Topliss-reactive ketones (excluding diaryl/α,β-unsaturated/α-hetero) is 1. The maximum atomic E-state index is 12.0. The first-order valence-electron chi connectivity index (χ1n) is 37.7. The fraction of sp³-hybridized carbons (Fsp3) is 0.800. The van der Waals surface area contributed by atoms with Crippen LogP contribution in [-0.2, 0) is 52.5 Å². The molecule has 4 N–H and O–H groups in total. The van der Waals surface area contributed by atoms with E-state index < -0.39 is 0 Å². The number of carbonyl (C=O) groups is 6. The standard InChI is InChI=1S/C16H24O3.C16H22O3.2C16H24O3.C16H26O3/c2*1-4-10-11-7-12-9(2)13(17)5-6-16(12,3)8-14(11)19-15(10)18;2*1-4-10-11-7-8-16(3)12(17)6-5-9(2)13(16)14(11)19-15(10)18;1-3-13-14-8-7-12(10-17)6-4-5-11(2)9-15(14)19-16(13)18/h10-14,17H,2,4-8H2,1,3H3;10-12,14H,2,4-8H2,1,3H3;2*10-14,17H,2,4-8H2,1,3H3;9,12-15,17H,3-8,10H2,1-2H3/b;;;;11-9+/t10-,11+,12-,13+,14+,16+;10-,11+,12-,14+,16+;2*10-,11-,12+,13?,14-,16-;12?,13-,14-,15+/m00000/s1. The molecule has 530 valence electrons. The quantitative estimate of drug-likeness (QED) is 0.0839. The molecule has 0 aromatic carbocycles. The van der Waals surface area contributed by atoms with Gasteiger partial charge in [0.25, 0.3) is 0 Å². The summed E-state index contributed by atoms with van der Waals surface area (Å²) >= 11 is 0. The maximum Gasteiger partial charge on any atom is 0.309 e. The van der Waals surface area contributed by atoms with Crippen LogP contribution in [0.3, 0.4) is 0 Å². The highest BCUT2D eigenvalue weighted by Crippen LogP contribution is 2.62. The monoisotopic (exact) mass is 1320 g/mol. The molecular formula is C80H120O15. The topological polar surface area (TPSA) is 229 Å². The smallest absolute Gasteiger partial charge is 0.309 e. The molecule has 0 spiro atoms. The van der Waals surface area contributed by atoms with Crippen molar-refractivity contribution in [2.24, 2.45) is 110 Å². The number of rotatable bonds is 6. The van der Waals surface area contributed by atoms with E-state index in [0.717, 1.165) is 172 Å². The van der Waals surface area contributed by atoms with Crippen molar-refractivity contribution in [1.29, 1.82) is 0 Å². The average Bonchev–Trinajstić information content (AvgIpc) is 1.73. The van der Waals surface area contributed by atoms with Crippen LogP contribution in [0.15, 0.2) is 60.3 Å². The molecule has 15 heteroatoms. The third kappa shape index (κ3) is 13.9. The van der Waals surface area contributed by atoms with E-state index in [1.807, 2.05) is 6.92 Å². The van der Waals surface area contributed by atoms with Crippen molar-refractivity contribution in [2.45, 2.75) is 285 Å². The Morgan fingerprint density at radius 3 is 1.41 bits per heavy atom. The van der Waals surface area contributed by atoms with E-state index in [-0.39, 0.29) is 160 Å². The molecule has 0 aromatic heterocycles. The van der Waals surface area contributed by atoms with Gasteiger partial charge in [0.05, 0.1) is 47.9 Å². The number of allylic oxidation sites excluding steroid dienone is 2. The van der Waals surface area contributed by atoms with Gasteiger partial charge >= 0.3 is 29.8 Å². The van der Waals surface area contributed by atoms with Crippen molar-refractivity contribution < 1.29 is 72.9 Å². The highest BCUT2D eigenvalue weighted by Gasteiger charge is 2.62. The van der Waals surface area contributed by atoms with E-state index in [9.17, 15) is 49.2 Å². The summed E-state index contributed by atoms with van der Waals surface area (Å²) in [5.41, 5.74) is 5.38. The number of aliphatic hydroxyl groups excluding tert-OH is 4. The van der Waals surface area contributed by atoms with Gasteiger partial charge in [0.2, 0.25) is 0 Å². The predicted molar refractivity (Wildman–Crippen MR) is 363 cm³/mol. The van der Waals surface area contributed by atoms with Crippen LogP contribution in [0.4, 0.5) is 0 Å². The minimum atomic E-state index is -0.354. The molecule has 27 atom stereocenters. The van der Waals surface area contributed by atoms with E-state index in [1.165, 1.54) is 16.7 Å². The van der Waals surface area contributed by atoms with Crippen LogP contribution in [0, 0.1) is 110 Å². The lowest BCUT2D eigenvalue weighted by atomic mass is 9.53. The van der Waals surface area contributed by atoms with Gasteiger partial charge in [-0.1, -0.05) is 105 Å². The van der Waals surface area contributed by atoms with Gasteiger partial charge in [0.15, 0.2) is 5.78 Å². The van der Waals surface area contributed by atoms with Crippen molar-refractivity contribution in [2.75, 3.05) is 6.61 Å². The van der Waals surface area contributed by atoms with Crippen molar-refractivity contribution in [3.63, 3.8) is 0 Å². The van der Waals surface area contributed by atoms with Gasteiger partial charge in [-0.15, -0.1) is 0 Å². The number of fused-ring (bicyclic) bond motifs is 11. The van der Waals surface area contributed by atoms with E-state index >= 15 is 0 Å². The molecule has 5 saturated heterocycles. The predicted octanol–water partition coefficient (Wildman–Crippen LogP) is 14.0. The van der Waals surface area contributed by atoms with Gasteiger partial charge in [-0.3, -0.25) is 28.8 Å². The Labute approximate surface area is 568 Å². The highest BCUT2D eigenvalue weighted by atomic mass is 16.6. The van der Waals surface area contributed by atoms with Gasteiger partial charge in [-0.2, -0.15) is 0 Å². The van der Waals surface area contributed by atoms with E-state index in [1.54, 1.807) is 0 Å². The normalized spacial score (nSPS) is 46.7. The summed E-state index contributed by atoms with van der Waals surface area (Å²) in [7, 11) is 0. The summed E-state index contributed by atoms with van der Waals surface area (Å²) in [5.74, 6) is 3.21. The number of esters is 5. The van der Waals surface area contributed by atoms with Crippen molar-refractivity contribution >= 4 is 35.6 Å². The zero-order chi connectivity index (χ0) is 69.0. The summed E-state index contributed by atoms with van der Waals surface area (Å²) in [4.78, 5) is 71.7. The Kier molecular flexibility index (Phi) is 22.7. The zero-order valence-corrected chi connectivity index (χ0v) is 59.6. The molecular weight excluding hydrogens is 1200 g/mol. The fourth-order valence-corrected chi connectivity index (χ4v) is 22.1. The van der Waals surface area contributed by atoms with Gasteiger partial charge in [-0.25, -0.2) is 0 Å². The first-order chi connectivity index (χ1) is 45.0. The lowest BCUT2D eigenvalue weighted by Crippen LogP contribution is -2.53. The molecule has 0 radical (unpaired) electrons. The third-order valence-electron chi connectivity index (χ3n) is 28.2. The average molecular weight is 1320 g/mol. The molecule has 15 nitrogen and oxygen atoms in total. The Balaban J connectivity index is 0.000000129. The highest BCUT2D eigenvalue weighted by molar-refractivity contribution is 5.96. The van der Waals surface area contributed by atoms with Crippen LogP contribution in [0.2, 0.25) is 0 Å². The third-order valence-corrected chi connectivity index (χ3v) is 28.2. The first kappa shape index (κ1) is 73.3. The van der Waals surface area contributed by atoms with Crippen molar-refractivity contribution in [3.05, 3.63) is 60.3 Å². The second kappa shape index (κ2) is 29.4. The van der Waals surface area contributed by atoms with Crippen LogP contribution < -0.4 is 0 Å². The Morgan fingerprint density at radius 2 is 0.926 bits per heavy atom. The maximum absolute atomic E-state index is 12.0. The molecule has 8 saturated carbocycles. The van der Waals surface area contributed by atoms with Gasteiger partial charge in [0, 0.05) is 65.3 Å². The second-order valence-corrected chi connectivity index (χ2v) is 33.4. The summed E-state index contributed by atoms with van der Waals surface area (Å²) in [6, 6.07) is 0. The van der Waals surface area contributed by atoms with Crippen molar-refractivity contribution in [1.82, 2.24) is 0 Å². The minimum absolute atomic E-state index is 0.00842. The lowest BCUT2D eigenvalue weighted by Gasteiger charge is -2.53. The lowest BCUT2D eigenvalue weighted by molar-refractivity contribution is -0.153. The molecule has 0 amide bonds. The molecule has 0 aromatic rings. The Bertz CT molecular complexity index is 2860. The van der Waals surface area contributed by atoms with E-state index in [2.05, 4.69) is 94.7 Å². The van der Waals surface area contributed by atoms with E-state index in [0.29, 0.717) is 47.8 Å². The molecule has 0 bridgehead atoms. The van der Waals surface area contributed by atoms with E-state index in [4.69, 9.17) is 23.7 Å². The summed E-state index contributed by atoms with van der Waals surface area (Å²) < 4.78 is 28.2. The molecule has 95 heavy (non-hydrogen) atoms. The summed E-state index contributed by atoms with van der Waals surface area (Å²) in [5, 5.41) is 40.3. The summed E-state index contributed by atoms with van der Waals surface area (Å²) in [6.45, 7) is 38.1. The zero-order valence-electron chi connectivity index (χ0n) is 59.6. The molecule has 5 heterocycles. The molecule has 13 fully saturated rings. The van der Waals surface area contributed by atoms with Crippen LogP contribution >= 0.6 is 0 Å². The minimum Gasteiger partial charge on any atom is -0.462 e. The number of ketones is 1. The van der Waals surface area contributed by atoms with Crippen LogP contribution in [0.25, 0.3) is 0 Å². The van der Waals surface area contributed by atoms with Crippen molar-refractivity contribution in [3.8, 4) is 0 Å². The molecule has 9 aliphatic carbocycles. The SMILES string of the molecule is C=C1C(=O)CC[C@]2(C)C[C@H]3OC(=O)[C@@H](CC)[C@H]3C[C@@H]12.C=C1CC[C@@H](O)[C@]2(C)CC[C@H]3[C@H](CC)C(=O)O[C@@H]3C12.C=C1CC[C@@H](O)[C@]2(C)CC[C@H]3[C@H](CC)C(=O)O[C@@H]3C12.C=C1[C@H](O)CC[C@]2(C)C[C@H]3OC(=O)[C@@H](CC)[C@H]3C[C@@H]12.CC[C@@H]1C(=O)O[C@@H]2/C=C(\C)CCCC(CO)CC[C@@H]12. The number of hydrogen-bond acceptors (Lipinski definition) is 15. The molecule has 14 rings (SSSR count). The van der Waals surface area contributed by atoms with Crippen LogP contribution in [0.1, 0.15) is 236 Å².